The maximum Gasteiger partial charge on any atom is 0.179 e. The second-order valence-electron chi connectivity index (χ2n) is 5.05. The van der Waals surface area contributed by atoms with Crippen LogP contribution in [0.25, 0.3) is 0 Å². The molecule has 1 aromatic carbocycles. The van der Waals surface area contributed by atoms with Crippen molar-refractivity contribution in [3.05, 3.63) is 53.3 Å². The molecule has 19 heavy (non-hydrogen) atoms. The first-order chi connectivity index (χ1) is 9.08. The highest BCUT2D eigenvalue weighted by atomic mass is 16.3. The van der Waals surface area contributed by atoms with E-state index >= 15 is 0 Å². The fourth-order valence-corrected chi connectivity index (χ4v) is 2.12. The van der Waals surface area contributed by atoms with E-state index in [4.69, 9.17) is 0 Å². The Balaban J connectivity index is 2.04. The molecule has 0 aliphatic carbocycles. The number of phenols is 1. The summed E-state index contributed by atoms with van der Waals surface area (Å²) >= 11 is 0. The van der Waals surface area contributed by atoms with Crippen LogP contribution in [0.4, 0.5) is 0 Å². The van der Waals surface area contributed by atoms with Gasteiger partial charge in [-0.3, -0.25) is 4.79 Å². The molecule has 0 aliphatic rings. The number of aromatic hydroxyl groups is 1. The molecule has 0 spiro atoms. The van der Waals surface area contributed by atoms with Gasteiger partial charge in [-0.15, -0.1) is 0 Å². The third-order valence-electron chi connectivity index (χ3n) is 3.25. The molecule has 0 unspecified atom stereocenters. The number of phenolic OH excluding ortho intramolecular Hbond substituents is 1. The number of benzene rings is 1. The highest BCUT2D eigenvalue weighted by molar-refractivity contribution is 5.94. The number of aromatic nitrogens is 1. The fourth-order valence-electron chi connectivity index (χ4n) is 2.12. The SMILES string of the molecule is CC(C)c1cc(CCC(=O)c2ccc[nH]2)ccc1O. The molecule has 0 saturated carbocycles. The van der Waals surface area contributed by atoms with Crippen molar-refractivity contribution in [2.24, 2.45) is 0 Å². The molecule has 0 bridgehead atoms. The van der Waals surface area contributed by atoms with Gasteiger partial charge in [0.25, 0.3) is 0 Å². The summed E-state index contributed by atoms with van der Waals surface area (Å²) in [7, 11) is 0. The highest BCUT2D eigenvalue weighted by Crippen LogP contribution is 2.26. The maximum absolute atomic E-state index is 11.9. The van der Waals surface area contributed by atoms with E-state index in [2.05, 4.69) is 4.98 Å². The number of aromatic amines is 1. The van der Waals surface area contributed by atoms with Crippen molar-refractivity contribution in [3.63, 3.8) is 0 Å². The van der Waals surface area contributed by atoms with Crippen molar-refractivity contribution in [1.82, 2.24) is 4.98 Å². The summed E-state index contributed by atoms with van der Waals surface area (Å²) in [5, 5.41) is 9.76. The van der Waals surface area contributed by atoms with E-state index in [1.807, 2.05) is 32.0 Å². The zero-order chi connectivity index (χ0) is 13.8. The Bertz CT molecular complexity index is 556. The van der Waals surface area contributed by atoms with Gasteiger partial charge < -0.3 is 10.1 Å². The van der Waals surface area contributed by atoms with Crippen LogP contribution in [0.15, 0.2) is 36.5 Å². The minimum absolute atomic E-state index is 0.115. The van der Waals surface area contributed by atoms with Crippen LogP contribution in [0.5, 0.6) is 5.75 Å². The highest BCUT2D eigenvalue weighted by Gasteiger charge is 2.09. The summed E-state index contributed by atoms with van der Waals surface area (Å²) in [6.45, 7) is 4.09. The van der Waals surface area contributed by atoms with E-state index in [1.165, 1.54) is 0 Å². The van der Waals surface area contributed by atoms with Gasteiger partial charge in [-0.25, -0.2) is 0 Å². The maximum atomic E-state index is 11.9. The zero-order valence-corrected chi connectivity index (χ0v) is 11.3. The van der Waals surface area contributed by atoms with E-state index < -0.39 is 0 Å². The van der Waals surface area contributed by atoms with Crippen LogP contribution >= 0.6 is 0 Å². The predicted molar refractivity (Wildman–Crippen MR) is 75.6 cm³/mol. The molecule has 2 N–H and O–H groups in total. The summed E-state index contributed by atoms with van der Waals surface area (Å²) in [6, 6.07) is 9.19. The summed E-state index contributed by atoms with van der Waals surface area (Å²) < 4.78 is 0. The molecule has 0 amide bonds. The first kappa shape index (κ1) is 13.4. The molecule has 0 fully saturated rings. The van der Waals surface area contributed by atoms with Crippen LogP contribution in [0.1, 0.15) is 47.8 Å². The van der Waals surface area contributed by atoms with Gasteiger partial charge in [-0.1, -0.05) is 26.0 Å². The van der Waals surface area contributed by atoms with E-state index in [0.29, 0.717) is 24.3 Å². The average Bonchev–Trinajstić information content (AvgIpc) is 2.91. The number of carbonyl (C=O) groups excluding carboxylic acids is 1. The zero-order valence-electron chi connectivity index (χ0n) is 11.3. The number of hydrogen-bond acceptors (Lipinski definition) is 2. The largest absolute Gasteiger partial charge is 0.508 e. The Hall–Kier alpha value is -2.03. The van der Waals surface area contributed by atoms with E-state index in [0.717, 1.165) is 11.1 Å². The smallest absolute Gasteiger partial charge is 0.179 e. The third kappa shape index (κ3) is 3.25. The van der Waals surface area contributed by atoms with Crippen molar-refractivity contribution < 1.29 is 9.90 Å². The first-order valence-electron chi connectivity index (χ1n) is 6.56. The van der Waals surface area contributed by atoms with E-state index in [1.54, 1.807) is 18.3 Å². The number of hydrogen-bond donors (Lipinski definition) is 2. The summed E-state index contributed by atoms with van der Waals surface area (Å²) in [4.78, 5) is 14.8. The number of rotatable bonds is 5. The molecule has 3 nitrogen and oxygen atoms in total. The van der Waals surface area contributed by atoms with Crippen molar-refractivity contribution in [3.8, 4) is 5.75 Å². The normalized spacial score (nSPS) is 10.9. The number of nitrogens with one attached hydrogen (secondary N) is 1. The standard InChI is InChI=1S/C16H19NO2/c1-11(2)13-10-12(5-7-15(13)18)6-8-16(19)14-4-3-9-17-14/h3-5,7,9-11,17-18H,6,8H2,1-2H3. The lowest BCUT2D eigenvalue weighted by Crippen LogP contribution is -2.02. The van der Waals surface area contributed by atoms with Crippen molar-refractivity contribution >= 4 is 5.78 Å². The van der Waals surface area contributed by atoms with Gasteiger partial charge in [0.15, 0.2) is 5.78 Å². The minimum Gasteiger partial charge on any atom is -0.508 e. The van der Waals surface area contributed by atoms with Gasteiger partial charge in [0.05, 0.1) is 5.69 Å². The molecule has 0 radical (unpaired) electrons. The second kappa shape index (κ2) is 5.74. The molecule has 0 aliphatic heterocycles. The number of ketones is 1. The molecular weight excluding hydrogens is 238 g/mol. The molecule has 0 atom stereocenters. The Morgan fingerprint density at radius 3 is 2.74 bits per heavy atom. The number of aryl methyl sites for hydroxylation is 1. The van der Waals surface area contributed by atoms with Crippen molar-refractivity contribution in [2.75, 3.05) is 0 Å². The molecule has 2 rings (SSSR count). The Morgan fingerprint density at radius 2 is 2.11 bits per heavy atom. The van der Waals surface area contributed by atoms with Gasteiger partial charge in [0.2, 0.25) is 0 Å². The van der Waals surface area contributed by atoms with Gasteiger partial charge in [-0.05, 0) is 41.7 Å². The summed E-state index contributed by atoms with van der Waals surface area (Å²) in [6.07, 6.45) is 2.92. The predicted octanol–water partition coefficient (Wildman–Crippen LogP) is 3.66. The lowest BCUT2D eigenvalue weighted by molar-refractivity contribution is 0.0978. The Morgan fingerprint density at radius 1 is 1.32 bits per heavy atom. The molecule has 100 valence electrons. The number of H-pyrrole nitrogens is 1. The van der Waals surface area contributed by atoms with Crippen molar-refractivity contribution in [2.45, 2.75) is 32.6 Å². The van der Waals surface area contributed by atoms with E-state index in [-0.39, 0.29) is 11.7 Å². The Kier molecular flexibility index (Phi) is 4.05. The number of carbonyl (C=O) groups is 1. The van der Waals surface area contributed by atoms with Crippen LogP contribution in [0, 0.1) is 0 Å². The Labute approximate surface area is 113 Å². The molecule has 0 saturated heterocycles. The summed E-state index contributed by atoms with van der Waals surface area (Å²) in [5.41, 5.74) is 2.68. The van der Waals surface area contributed by atoms with Crippen LogP contribution in [-0.4, -0.2) is 15.9 Å². The van der Waals surface area contributed by atoms with E-state index in [9.17, 15) is 9.90 Å². The van der Waals surface area contributed by atoms with Gasteiger partial charge >= 0.3 is 0 Å². The van der Waals surface area contributed by atoms with Crippen LogP contribution in [0.3, 0.4) is 0 Å². The summed E-state index contributed by atoms with van der Waals surface area (Å²) in [5.74, 6) is 0.720. The van der Waals surface area contributed by atoms with Crippen LogP contribution in [0.2, 0.25) is 0 Å². The number of Topliss-reactive ketones (excluding diaryl/α,β-unsaturated/α-hetero) is 1. The lowest BCUT2D eigenvalue weighted by atomic mass is 9.97. The second-order valence-corrected chi connectivity index (χ2v) is 5.05. The monoisotopic (exact) mass is 257 g/mol. The molecular formula is C16H19NO2. The minimum atomic E-state index is 0.115. The first-order valence-corrected chi connectivity index (χ1v) is 6.56. The lowest BCUT2D eigenvalue weighted by Gasteiger charge is -2.10. The quantitative estimate of drug-likeness (QED) is 0.803. The molecule has 1 aromatic heterocycles. The van der Waals surface area contributed by atoms with Crippen LogP contribution in [-0.2, 0) is 6.42 Å². The third-order valence-corrected chi connectivity index (χ3v) is 3.25. The fraction of sp³-hybridized carbons (Fsp3) is 0.312. The van der Waals surface area contributed by atoms with Crippen LogP contribution < -0.4 is 0 Å². The molecule has 3 heteroatoms. The van der Waals surface area contributed by atoms with Gasteiger partial charge in [0.1, 0.15) is 5.75 Å². The molecule has 1 heterocycles. The molecule has 2 aromatic rings. The van der Waals surface area contributed by atoms with Gasteiger partial charge in [-0.2, -0.15) is 0 Å². The average molecular weight is 257 g/mol. The van der Waals surface area contributed by atoms with Crippen molar-refractivity contribution in [1.29, 1.82) is 0 Å². The van der Waals surface area contributed by atoms with Gasteiger partial charge in [0, 0.05) is 12.6 Å². The topological polar surface area (TPSA) is 53.1 Å².